The highest BCUT2D eigenvalue weighted by Crippen LogP contribution is 2.36. The number of amides is 5. The summed E-state index contributed by atoms with van der Waals surface area (Å²) in [6.07, 6.45) is 0.381. The third kappa shape index (κ3) is 5.70. The van der Waals surface area contributed by atoms with Gasteiger partial charge in [0.2, 0.25) is 0 Å². The first-order chi connectivity index (χ1) is 24.5. The van der Waals surface area contributed by atoms with Crippen LogP contribution >= 0.6 is 0 Å². The molecule has 15 nitrogen and oxygen atoms in total. The summed E-state index contributed by atoms with van der Waals surface area (Å²) in [5, 5.41) is 30.4. The molecular formula is C36H26N6O9. The van der Waals surface area contributed by atoms with Crippen molar-refractivity contribution in [3.05, 3.63) is 133 Å². The van der Waals surface area contributed by atoms with Gasteiger partial charge in [0.25, 0.3) is 40.9 Å². The van der Waals surface area contributed by atoms with Gasteiger partial charge in [-0.05, 0) is 54.1 Å². The molecule has 0 unspecified atom stereocenters. The number of rotatable bonds is 11. The maximum atomic E-state index is 13.5. The molecule has 51 heavy (non-hydrogen) atoms. The van der Waals surface area contributed by atoms with Gasteiger partial charge in [0, 0.05) is 71.4 Å². The Labute approximate surface area is 287 Å². The molecule has 2 aliphatic rings. The van der Waals surface area contributed by atoms with Gasteiger partial charge in [0.05, 0.1) is 26.7 Å². The number of imide groups is 2. The molecule has 5 aromatic rings. The summed E-state index contributed by atoms with van der Waals surface area (Å²) in [4.78, 5) is 90.1. The lowest BCUT2D eigenvalue weighted by atomic mass is 9.93. The zero-order valence-electron chi connectivity index (χ0n) is 26.6. The van der Waals surface area contributed by atoms with E-state index in [9.17, 15) is 44.2 Å². The summed E-state index contributed by atoms with van der Waals surface area (Å²) in [5.41, 5.74) is 0.399. The van der Waals surface area contributed by atoms with E-state index >= 15 is 0 Å². The minimum atomic E-state index is -0.746. The van der Waals surface area contributed by atoms with Gasteiger partial charge in [-0.2, -0.15) is 0 Å². The molecule has 0 radical (unpaired) electrons. The Kier molecular flexibility index (Phi) is 8.24. The first-order valence-electron chi connectivity index (χ1n) is 15.8. The van der Waals surface area contributed by atoms with Gasteiger partial charge in [0.15, 0.2) is 0 Å². The Morgan fingerprint density at radius 2 is 1.18 bits per heavy atom. The van der Waals surface area contributed by atoms with Gasteiger partial charge in [-0.1, -0.05) is 30.3 Å². The number of non-ortho nitro benzene ring substituents is 2. The SMILES string of the molecule is O=C(NCCNCCCN1C(=O)c2cccc3cc([N+](=O)[O-])cc(c23)C1=O)c1cccc(N2C(=O)c3cccc4cc([N+](=O)[O-])cc(c34)C2=O)c1. The number of nitrogens with zero attached hydrogens (tertiary/aromatic N) is 4. The Hall–Kier alpha value is -6.87. The summed E-state index contributed by atoms with van der Waals surface area (Å²) in [6.45, 7) is 0.997. The molecule has 2 heterocycles. The van der Waals surface area contributed by atoms with Crippen molar-refractivity contribution >= 4 is 68.1 Å². The average molecular weight is 687 g/mol. The molecule has 7 rings (SSSR count). The third-order valence-corrected chi connectivity index (χ3v) is 8.85. The number of carbonyl (C=O) groups excluding carboxylic acids is 5. The molecule has 5 aromatic carbocycles. The number of anilines is 1. The van der Waals surface area contributed by atoms with Crippen molar-refractivity contribution in [3.8, 4) is 0 Å². The second kappa shape index (κ2) is 12.9. The van der Waals surface area contributed by atoms with Crippen LogP contribution in [0.3, 0.4) is 0 Å². The van der Waals surface area contributed by atoms with Crippen LogP contribution in [-0.2, 0) is 0 Å². The van der Waals surface area contributed by atoms with E-state index in [1.807, 2.05) is 0 Å². The monoisotopic (exact) mass is 686 g/mol. The smallest absolute Gasteiger partial charge is 0.270 e. The molecule has 0 saturated heterocycles. The predicted octanol–water partition coefficient (Wildman–Crippen LogP) is 4.62. The molecule has 2 N–H and O–H groups in total. The van der Waals surface area contributed by atoms with Crippen LogP contribution in [0.25, 0.3) is 21.5 Å². The normalized spacial score (nSPS) is 13.6. The number of carbonyl (C=O) groups is 5. The second-order valence-corrected chi connectivity index (χ2v) is 11.9. The quantitative estimate of drug-likeness (QED) is 0.0855. The molecule has 0 spiro atoms. The molecule has 0 atom stereocenters. The van der Waals surface area contributed by atoms with E-state index in [1.54, 1.807) is 36.4 Å². The lowest BCUT2D eigenvalue weighted by Gasteiger charge is -2.27. The van der Waals surface area contributed by atoms with E-state index < -0.39 is 39.4 Å². The Morgan fingerprint density at radius 3 is 1.80 bits per heavy atom. The highest BCUT2D eigenvalue weighted by molar-refractivity contribution is 6.36. The Bertz CT molecular complexity index is 2390. The number of nitrogens with one attached hydrogen (secondary N) is 2. The minimum Gasteiger partial charge on any atom is -0.351 e. The maximum Gasteiger partial charge on any atom is 0.270 e. The first-order valence-corrected chi connectivity index (χ1v) is 15.8. The summed E-state index contributed by atoms with van der Waals surface area (Å²) in [7, 11) is 0. The van der Waals surface area contributed by atoms with E-state index in [0.717, 1.165) is 15.9 Å². The highest BCUT2D eigenvalue weighted by Gasteiger charge is 2.36. The number of nitro groups is 2. The molecule has 0 saturated carbocycles. The largest absolute Gasteiger partial charge is 0.351 e. The fourth-order valence-corrected chi connectivity index (χ4v) is 6.52. The lowest BCUT2D eigenvalue weighted by molar-refractivity contribution is -0.384. The zero-order valence-corrected chi connectivity index (χ0v) is 26.6. The second-order valence-electron chi connectivity index (χ2n) is 11.9. The van der Waals surface area contributed by atoms with Crippen LogP contribution in [0.5, 0.6) is 0 Å². The van der Waals surface area contributed by atoms with Crippen LogP contribution in [0.4, 0.5) is 17.1 Å². The summed E-state index contributed by atoms with van der Waals surface area (Å²) in [6, 6.07) is 20.5. The molecule has 0 aromatic heterocycles. The van der Waals surface area contributed by atoms with Crippen molar-refractivity contribution in [3.63, 3.8) is 0 Å². The number of nitro benzene ring substituents is 2. The van der Waals surface area contributed by atoms with Crippen molar-refractivity contribution in [2.24, 2.45) is 0 Å². The van der Waals surface area contributed by atoms with E-state index in [0.29, 0.717) is 46.6 Å². The van der Waals surface area contributed by atoms with Gasteiger partial charge >= 0.3 is 0 Å². The molecule has 5 amide bonds. The van der Waals surface area contributed by atoms with Crippen molar-refractivity contribution < 1.29 is 33.8 Å². The molecule has 0 bridgehead atoms. The Morgan fingerprint density at radius 1 is 0.627 bits per heavy atom. The topological polar surface area (TPSA) is 202 Å². The van der Waals surface area contributed by atoms with E-state index in [2.05, 4.69) is 10.6 Å². The van der Waals surface area contributed by atoms with Gasteiger partial charge in [-0.15, -0.1) is 0 Å². The summed E-state index contributed by atoms with van der Waals surface area (Å²) < 4.78 is 0. The van der Waals surface area contributed by atoms with Gasteiger partial charge in [-0.25, -0.2) is 4.90 Å². The van der Waals surface area contributed by atoms with E-state index in [1.165, 1.54) is 42.5 Å². The van der Waals surface area contributed by atoms with E-state index in [-0.39, 0.29) is 52.4 Å². The highest BCUT2D eigenvalue weighted by atomic mass is 16.6. The third-order valence-electron chi connectivity index (χ3n) is 8.85. The van der Waals surface area contributed by atoms with Crippen LogP contribution < -0.4 is 15.5 Å². The van der Waals surface area contributed by atoms with Gasteiger partial charge in [0.1, 0.15) is 0 Å². The average Bonchev–Trinajstić information content (AvgIpc) is 3.13. The van der Waals surface area contributed by atoms with Gasteiger partial charge in [-0.3, -0.25) is 49.1 Å². The fraction of sp³-hybridized carbons (Fsp3) is 0.139. The van der Waals surface area contributed by atoms with Crippen LogP contribution in [0.15, 0.2) is 84.9 Å². The maximum absolute atomic E-state index is 13.5. The minimum absolute atomic E-state index is 0.00973. The predicted molar refractivity (Wildman–Crippen MR) is 184 cm³/mol. The number of hydrogen-bond donors (Lipinski definition) is 2. The van der Waals surface area contributed by atoms with Gasteiger partial charge < -0.3 is 10.6 Å². The molecule has 0 aliphatic carbocycles. The first kappa shape index (κ1) is 32.7. The summed E-state index contributed by atoms with van der Waals surface area (Å²) in [5.74, 6) is -2.91. The molecular weight excluding hydrogens is 660 g/mol. The van der Waals surface area contributed by atoms with Crippen LogP contribution in [-0.4, -0.2) is 70.5 Å². The Balaban J connectivity index is 0.946. The number of benzene rings is 5. The van der Waals surface area contributed by atoms with Crippen LogP contribution in [0.1, 0.15) is 58.2 Å². The number of hydrogen-bond acceptors (Lipinski definition) is 10. The van der Waals surface area contributed by atoms with Crippen LogP contribution in [0, 0.1) is 20.2 Å². The lowest BCUT2D eigenvalue weighted by Crippen LogP contribution is -2.42. The van der Waals surface area contributed by atoms with E-state index in [4.69, 9.17) is 0 Å². The van der Waals surface area contributed by atoms with Crippen molar-refractivity contribution in [2.75, 3.05) is 31.1 Å². The molecule has 2 aliphatic heterocycles. The van der Waals surface area contributed by atoms with Crippen LogP contribution in [0.2, 0.25) is 0 Å². The summed E-state index contributed by atoms with van der Waals surface area (Å²) >= 11 is 0. The van der Waals surface area contributed by atoms with Crippen molar-refractivity contribution in [2.45, 2.75) is 6.42 Å². The molecule has 254 valence electrons. The van der Waals surface area contributed by atoms with Crippen molar-refractivity contribution in [1.29, 1.82) is 0 Å². The molecule has 0 fully saturated rings. The molecule has 15 heteroatoms. The van der Waals surface area contributed by atoms with Crippen molar-refractivity contribution in [1.82, 2.24) is 15.5 Å². The zero-order chi connectivity index (χ0) is 36.0. The fourth-order valence-electron chi connectivity index (χ4n) is 6.52. The standard InChI is InChI=1S/C36H26N6O9/c43-32(22-7-1-8-23(17-22)40-35(46)27-10-3-6-21-16-25(42(50)51)19-29(31(21)27)36(40)47)38-13-12-37-11-4-14-39-33(44)26-9-2-5-20-15-24(41(48)49)18-28(30(20)26)34(39)45/h1-3,5-10,15-19,37H,4,11-14H2,(H,38,43).